The van der Waals surface area contributed by atoms with Crippen LogP contribution in [0, 0.1) is 6.92 Å². The molecule has 2 aromatic carbocycles. The Labute approximate surface area is 263 Å². The molecule has 0 atom stereocenters. The molecule has 0 spiro atoms. The van der Waals surface area contributed by atoms with Crippen LogP contribution in [0.1, 0.15) is 43.5 Å². The molecular formula is C28H22Cl2F3N9O3. The smallest absolute Gasteiger partial charge is 0.455 e. The molecule has 45 heavy (non-hydrogen) atoms. The van der Waals surface area contributed by atoms with Crippen molar-refractivity contribution in [3.05, 3.63) is 105 Å². The normalized spacial score (nSPS) is 11.4. The van der Waals surface area contributed by atoms with Crippen molar-refractivity contribution in [3.63, 3.8) is 0 Å². The molecule has 0 unspecified atom stereocenters. The second-order valence-electron chi connectivity index (χ2n) is 9.52. The van der Waals surface area contributed by atoms with Crippen molar-refractivity contribution >= 4 is 40.7 Å². The van der Waals surface area contributed by atoms with E-state index in [0.717, 1.165) is 10.2 Å². The summed E-state index contributed by atoms with van der Waals surface area (Å²) in [4.78, 5) is 32.0. The average molecular weight is 660 g/mol. The zero-order valence-corrected chi connectivity index (χ0v) is 24.9. The fourth-order valence-corrected chi connectivity index (χ4v) is 4.73. The second kappa shape index (κ2) is 12.9. The van der Waals surface area contributed by atoms with Crippen molar-refractivity contribution in [1.29, 1.82) is 0 Å². The number of methoxy groups -OCH3 is 1. The van der Waals surface area contributed by atoms with E-state index in [2.05, 4.69) is 36.1 Å². The van der Waals surface area contributed by atoms with Gasteiger partial charge in [-0.15, -0.1) is 10.2 Å². The summed E-state index contributed by atoms with van der Waals surface area (Å²) < 4.78 is 45.3. The molecule has 12 nitrogen and oxygen atoms in total. The molecule has 0 aliphatic carbocycles. The Morgan fingerprint density at radius 3 is 2.53 bits per heavy atom. The number of carbonyl (C=O) groups is 2. The number of hydrogen-bond donors (Lipinski definition) is 2. The van der Waals surface area contributed by atoms with Gasteiger partial charge in [0, 0.05) is 17.8 Å². The van der Waals surface area contributed by atoms with Crippen LogP contribution in [0.3, 0.4) is 0 Å². The summed E-state index contributed by atoms with van der Waals surface area (Å²) in [5.74, 6) is -1.98. The van der Waals surface area contributed by atoms with Gasteiger partial charge in [-0.05, 0) is 65.7 Å². The van der Waals surface area contributed by atoms with Crippen molar-refractivity contribution < 1.29 is 27.5 Å². The highest BCUT2D eigenvalue weighted by Crippen LogP contribution is 2.28. The van der Waals surface area contributed by atoms with E-state index < -0.39 is 23.8 Å². The Bertz CT molecular complexity index is 1890. The third-order valence-electron chi connectivity index (χ3n) is 6.31. The van der Waals surface area contributed by atoms with Gasteiger partial charge in [-0.2, -0.15) is 23.1 Å². The highest BCUT2D eigenvalue weighted by molar-refractivity contribution is 6.32. The highest BCUT2D eigenvalue weighted by Gasteiger charge is 2.37. The van der Waals surface area contributed by atoms with Crippen LogP contribution >= 0.6 is 23.2 Å². The fourth-order valence-electron chi connectivity index (χ4n) is 4.26. The number of pyridine rings is 1. The Hall–Kier alpha value is -5.02. The number of nitrogens with one attached hydrogen (secondary N) is 2. The largest absolute Gasteiger partial charge is 0.497 e. The maximum atomic E-state index is 13.8. The van der Waals surface area contributed by atoms with E-state index >= 15 is 0 Å². The monoisotopic (exact) mass is 659 g/mol. The van der Waals surface area contributed by atoms with E-state index in [4.69, 9.17) is 27.9 Å². The van der Waals surface area contributed by atoms with Gasteiger partial charge >= 0.3 is 6.18 Å². The van der Waals surface area contributed by atoms with Gasteiger partial charge in [-0.3, -0.25) is 9.59 Å². The minimum atomic E-state index is -4.79. The Morgan fingerprint density at radius 2 is 1.82 bits per heavy atom. The van der Waals surface area contributed by atoms with Crippen molar-refractivity contribution in [1.82, 2.24) is 40.3 Å². The third kappa shape index (κ3) is 7.21. The lowest BCUT2D eigenvalue weighted by molar-refractivity contribution is -0.145. The first-order valence-corrected chi connectivity index (χ1v) is 13.8. The van der Waals surface area contributed by atoms with Crippen LogP contribution in [-0.2, 0) is 19.3 Å². The van der Waals surface area contributed by atoms with Gasteiger partial charge in [0.05, 0.1) is 29.1 Å². The number of rotatable bonds is 9. The van der Waals surface area contributed by atoms with Gasteiger partial charge < -0.3 is 15.4 Å². The first-order valence-electron chi connectivity index (χ1n) is 13.0. The lowest BCUT2D eigenvalue weighted by Crippen LogP contribution is -2.26. The number of halogens is 5. The van der Waals surface area contributed by atoms with Gasteiger partial charge in [0.1, 0.15) is 18.0 Å². The fraction of sp³-hybridized carbons (Fsp3) is 0.179. The zero-order valence-electron chi connectivity index (χ0n) is 23.4. The third-order valence-corrected chi connectivity index (χ3v) is 6.83. The van der Waals surface area contributed by atoms with Crippen LogP contribution in [0.2, 0.25) is 10.0 Å². The van der Waals surface area contributed by atoms with Crippen LogP contribution in [0.5, 0.6) is 5.75 Å². The van der Waals surface area contributed by atoms with Crippen molar-refractivity contribution in [2.45, 2.75) is 26.2 Å². The van der Waals surface area contributed by atoms with Gasteiger partial charge in [-0.25, -0.2) is 9.67 Å². The molecule has 0 aliphatic rings. The van der Waals surface area contributed by atoms with Crippen LogP contribution in [0.25, 0.3) is 5.82 Å². The van der Waals surface area contributed by atoms with Crippen molar-refractivity contribution in [2.24, 2.45) is 0 Å². The van der Waals surface area contributed by atoms with Crippen LogP contribution in [0.15, 0.2) is 60.8 Å². The Morgan fingerprint density at radius 1 is 1.02 bits per heavy atom. The summed E-state index contributed by atoms with van der Waals surface area (Å²) in [5.41, 5.74) is 1.51. The number of aromatic nitrogens is 7. The molecule has 3 heterocycles. The second-order valence-corrected chi connectivity index (χ2v) is 10.4. The summed E-state index contributed by atoms with van der Waals surface area (Å²) in [6.07, 6.45) is -3.37. The van der Waals surface area contributed by atoms with Crippen LogP contribution in [0.4, 0.5) is 18.9 Å². The summed E-state index contributed by atoms with van der Waals surface area (Å²) >= 11 is 12.6. The van der Waals surface area contributed by atoms with Crippen LogP contribution in [-0.4, -0.2) is 53.9 Å². The SMILES string of the molecule is COc1cccc(CNC(=O)c2cc(Cl)cc(C)c2NC(=O)c2cc(Cn3nnc(C(F)(F)F)n3)nn2-c2ncccc2Cl)c1. The molecule has 0 bridgehead atoms. The quantitative estimate of drug-likeness (QED) is 0.222. The molecule has 17 heteroatoms. The summed E-state index contributed by atoms with van der Waals surface area (Å²) in [6.45, 7) is 1.46. The van der Waals surface area contributed by atoms with Gasteiger partial charge in [0.15, 0.2) is 5.82 Å². The first kappa shape index (κ1) is 31.4. The van der Waals surface area contributed by atoms with E-state index in [-0.39, 0.29) is 51.6 Å². The predicted octanol–water partition coefficient (Wildman–Crippen LogP) is 5.13. The van der Waals surface area contributed by atoms with E-state index in [9.17, 15) is 22.8 Å². The number of tetrazole rings is 1. The molecule has 232 valence electrons. The lowest BCUT2D eigenvalue weighted by Gasteiger charge is -2.15. The zero-order chi connectivity index (χ0) is 32.3. The van der Waals surface area contributed by atoms with E-state index in [1.165, 1.54) is 31.5 Å². The van der Waals surface area contributed by atoms with Crippen LogP contribution < -0.4 is 15.4 Å². The molecule has 0 radical (unpaired) electrons. The van der Waals surface area contributed by atoms with E-state index in [1.54, 1.807) is 37.3 Å². The lowest BCUT2D eigenvalue weighted by atomic mass is 10.1. The number of hydrogen-bond acceptors (Lipinski definition) is 8. The first-order chi connectivity index (χ1) is 21.4. The summed E-state index contributed by atoms with van der Waals surface area (Å²) in [6, 6.07) is 14.5. The van der Waals surface area contributed by atoms with Gasteiger partial charge in [-0.1, -0.05) is 35.3 Å². The topological polar surface area (TPSA) is 142 Å². The maximum absolute atomic E-state index is 13.8. The Kier molecular flexibility index (Phi) is 9.01. The molecule has 2 amide bonds. The molecule has 3 aromatic heterocycles. The molecule has 5 aromatic rings. The summed E-state index contributed by atoms with van der Waals surface area (Å²) in [5, 5.41) is 20.1. The molecule has 0 aliphatic heterocycles. The molecule has 0 fully saturated rings. The van der Waals surface area contributed by atoms with E-state index in [0.29, 0.717) is 16.1 Å². The molecule has 0 saturated heterocycles. The molecule has 5 rings (SSSR count). The number of benzene rings is 2. The minimum absolute atomic E-state index is 0.0715. The maximum Gasteiger partial charge on any atom is 0.455 e. The molecular weight excluding hydrogens is 638 g/mol. The minimum Gasteiger partial charge on any atom is -0.497 e. The number of anilines is 1. The van der Waals surface area contributed by atoms with Crippen molar-refractivity contribution in [2.75, 3.05) is 12.4 Å². The van der Waals surface area contributed by atoms with Gasteiger partial charge in [0.2, 0.25) is 0 Å². The Balaban J connectivity index is 1.46. The standard InChI is InChI=1S/C28H22Cl2F3N9O3/c1-15-9-17(29)11-20(25(43)35-13-16-5-3-6-19(10-16)45-2)23(15)36-26(44)22-12-18(14-41-39-27(37-40-41)28(31,32)33)38-42(22)24-21(30)7-4-8-34-24/h3-12H,13-14H2,1-2H3,(H,35,43)(H,36,44). The number of aryl methyl sites for hydroxylation is 1. The van der Waals surface area contributed by atoms with Gasteiger partial charge in [0.25, 0.3) is 17.6 Å². The predicted molar refractivity (Wildman–Crippen MR) is 157 cm³/mol. The molecule has 0 saturated carbocycles. The average Bonchev–Trinajstić information content (AvgIpc) is 3.65. The summed E-state index contributed by atoms with van der Waals surface area (Å²) in [7, 11) is 1.54. The van der Waals surface area contributed by atoms with E-state index in [1.807, 2.05) is 6.07 Å². The number of ether oxygens (including phenoxy) is 1. The highest BCUT2D eigenvalue weighted by atomic mass is 35.5. The van der Waals surface area contributed by atoms with Crippen molar-refractivity contribution in [3.8, 4) is 11.6 Å². The number of alkyl halides is 3. The number of amides is 2. The molecule has 2 N–H and O–H groups in total. The number of nitrogens with zero attached hydrogens (tertiary/aromatic N) is 7. The number of carbonyl (C=O) groups excluding carboxylic acids is 2.